The fraction of sp³-hybridized carbons (Fsp3) is 0. The molecule has 0 aromatic rings. The fourth-order valence-corrected chi connectivity index (χ4v) is 0. The Morgan fingerprint density at radius 3 is 0.667 bits per heavy atom. The summed E-state index contributed by atoms with van der Waals surface area (Å²) < 4.78 is 0. The van der Waals surface area contributed by atoms with E-state index in [-0.39, 0.29) is 118 Å². The van der Waals surface area contributed by atoms with Gasteiger partial charge >= 0.3 is 0 Å². The van der Waals surface area contributed by atoms with Crippen molar-refractivity contribution >= 4 is 61.2 Å². The molecule has 0 rings (SSSR count). The van der Waals surface area contributed by atoms with Gasteiger partial charge in [0.25, 0.3) is 0 Å². The molecule has 0 spiro atoms. The summed E-state index contributed by atoms with van der Waals surface area (Å²) in [6.07, 6.45) is 0. The maximum atomic E-state index is 0. The SMILES string of the molecule is Cl.Cl.Cl.I.[Lu].[Zn]. The van der Waals surface area contributed by atoms with Gasteiger partial charge in [-0.1, -0.05) is 0 Å². The largest absolute Gasteiger partial charge is 0.147 e. The molecule has 0 unspecified atom stereocenters. The topological polar surface area (TPSA) is 0 Å². The quantitative estimate of drug-likeness (QED) is 0.369. The summed E-state index contributed by atoms with van der Waals surface area (Å²) in [6, 6.07) is 0. The molecule has 0 nitrogen and oxygen atoms in total. The van der Waals surface area contributed by atoms with Gasteiger partial charge in [0.2, 0.25) is 0 Å². The number of hydrogen-bond acceptors (Lipinski definition) is 0. The average Bonchev–Trinajstić information content (AvgIpc) is 0. The van der Waals surface area contributed by atoms with Crippen LogP contribution in [0.4, 0.5) is 0 Å². The monoisotopic (exact) mass is 475 g/mol. The zero-order chi connectivity index (χ0) is 0. The number of hydrogen-bond donors (Lipinski definition) is 0. The first-order valence-corrected chi connectivity index (χ1v) is 0. The standard InChI is InChI=1S/3ClH.HI.Lu.Zn/h4*1H;;. The van der Waals surface area contributed by atoms with Crippen LogP contribution in [0.5, 0.6) is 0 Å². The molecule has 0 bridgehead atoms. The van der Waals surface area contributed by atoms with Gasteiger partial charge in [0, 0.05) is 56.4 Å². The second kappa shape index (κ2) is 39.3. The number of rotatable bonds is 0. The van der Waals surface area contributed by atoms with E-state index >= 15 is 0 Å². The van der Waals surface area contributed by atoms with Gasteiger partial charge in [-0.05, 0) is 0 Å². The molecule has 0 heterocycles. The Kier molecular flexibility index (Phi) is 371. The summed E-state index contributed by atoms with van der Waals surface area (Å²) in [4.78, 5) is 0. The van der Waals surface area contributed by atoms with Crippen LogP contribution in [0.2, 0.25) is 0 Å². The van der Waals surface area contributed by atoms with Crippen molar-refractivity contribution in [2.24, 2.45) is 0 Å². The molecule has 1 radical (unpaired) electrons. The Bertz CT molecular complexity index is 10.8. The maximum Gasteiger partial charge on any atom is 0 e. The van der Waals surface area contributed by atoms with Gasteiger partial charge in [-0.25, -0.2) is 0 Å². The Balaban J connectivity index is 0. The van der Waals surface area contributed by atoms with Crippen molar-refractivity contribution < 1.29 is 56.4 Å². The van der Waals surface area contributed by atoms with Gasteiger partial charge in [0.1, 0.15) is 0 Å². The zero-order valence-corrected chi connectivity index (χ0v) is 12.0. The van der Waals surface area contributed by atoms with Crippen molar-refractivity contribution in [3.8, 4) is 0 Å². The van der Waals surface area contributed by atoms with E-state index in [1.165, 1.54) is 0 Å². The Morgan fingerprint density at radius 2 is 0.667 bits per heavy atom. The molecule has 0 saturated heterocycles. The first kappa shape index (κ1) is 56.6. The fourth-order valence-electron chi connectivity index (χ4n) is 0. The first-order valence-electron chi connectivity index (χ1n) is 0. The summed E-state index contributed by atoms with van der Waals surface area (Å²) in [5.74, 6) is 0. The van der Waals surface area contributed by atoms with Crippen LogP contribution in [-0.4, -0.2) is 0 Å². The van der Waals surface area contributed by atoms with Crippen molar-refractivity contribution in [2.45, 2.75) is 0 Å². The second-order valence-electron chi connectivity index (χ2n) is 0. The summed E-state index contributed by atoms with van der Waals surface area (Å²) >= 11 is 0. The minimum atomic E-state index is 0. The van der Waals surface area contributed by atoms with Gasteiger partial charge < -0.3 is 0 Å². The van der Waals surface area contributed by atoms with Crippen molar-refractivity contribution in [3.63, 3.8) is 0 Å². The van der Waals surface area contributed by atoms with E-state index in [1.807, 2.05) is 0 Å². The van der Waals surface area contributed by atoms with E-state index in [9.17, 15) is 0 Å². The van der Waals surface area contributed by atoms with Crippen molar-refractivity contribution in [1.29, 1.82) is 0 Å². The van der Waals surface area contributed by atoms with E-state index in [4.69, 9.17) is 0 Å². The molecule has 0 amide bonds. The predicted octanol–water partition coefficient (Wildman–Crippen LogP) is 1.88. The van der Waals surface area contributed by atoms with Crippen LogP contribution in [0.25, 0.3) is 0 Å². The van der Waals surface area contributed by atoms with Crippen LogP contribution in [0.1, 0.15) is 0 Å². The van der Waals surface area contributed by atoms with Crippen LogP contribution >= 0.6 is 61.2 Å². The molecule has 6 heteroatoms. The van der Waals surface area contributed by atoms with Crippen LogP contribution < -0.4 is 0 Å². The summed E-state index contributed by atoms with van der Waals surface area (Å²) in [6.45, 7) is 0. The van der Waals surface area contributed by atoms with Crippen LogP contribution in [0.15, 0.2) is 0 Å². The van der Waals surface area contributed by atoms with E-state index in [2.05, 4.69) is 0 Å². The molecule has 49 valence electrons. The maximum absolute atomic E-state index is 0. The van der Waals surface area contributed by atoms with Gasteiger partial charge in [0.05, 0.1) is 0 Å². The first-order chi connectivity index (χ1) is 0. The van der Waals surface area contributed by atoms with E-state index < -0.39 is 0 Å². The van der Waals surface area contributed by atoms with Crippen LogP contribution in [0, 0.1) is 36.9 Å². The zero-order valence-electron chi connectivity index (χ0n) is 2.60. The average molecular weight is 478 g/mol. The molecular formula is H4Cl3ILuZn. The normalized spacial score (nSPS) is 0. The summed E-state index contributed by atoms with van der Waals surface area (Å²) in [5.41, 5.74) is 0. The molecule has 0 aliphatic heterocycles. The van der Waals surface area contributed by atoms with Gasteiger partial charge in [-0.3, -0.25) is 0 Å². The molecule has 0 aromatic carbocycles. The minimum absolute atomic E-state index is 0. The third kappa shape index (κ3) is 26.0. The Morgan fingerprint density at radius 1 is 0.667 bits per heavy atom. The van der Waals surface area contributed by atoms with E-state index in [0.717, 1.165) is 0 Å². The van der Waals surface area contributed by atoms with Crippen LogP contribution in [-0.2, 0) is 19.5 Å². The second-order valence-corrected chi connectivity index (χ2v) is 0. The predicted molar refractivity (Wildman–Crippen MR) is 37.2 cm³/mol. The van der Waals surface area contributed by atoms with Gasteiger partial charge in [-0.2, -0.15) is 0 Å². The Labute approximate surface area is 115 Å². The summed E-state index contributed by atoms with van der Waals surface area (Å²) in [5, 5.41) is 0. The minimum Gasteiger partial charge on any atom is -0.147 e. The third-order valence-corrected chi connectivity index (χ3v) is 0. The van der Waals surface area contributed by atoms with Crippen molar-refractivity contribution in [2.75, 3.05) is 0 Å². The Hall–Kier alpha value is 3.46. The van der Waals surface area contributed by atoms with Gasteiger partial charge in [-0.15, -0.1) is 61.2 Å². The van der Waals surface area contributed by atoms with Gasteiger partial charge in [0.15, 0.2) is 0 Å². The smallest absolute Gasteiger partial charge is 0 e. The molecule has 0 aromatic heterocycles. The molecule has 0 aliphatic rings. The third-order valence-electron chi connectivity index (χ3n) is 0. The molecule has 0 aliphatic carbocycles. The van der Waals surface area contributed by atoms with Crippen LogP contribution in [0.3, 0.4) is 0 Å². The molecule has 0 saturated carbocycles. The molecular weight excluding hydrogens is 474 g/mol. The molecule has 0 N–H and O–H groups in total. The van der Waals surface area contributed by atoms with E-state index in [1.54, 1.807) is 0 Å². The molecule has 0 fully saturated rings. The molecule has 6 heavy (non-hydrogen) atoms. The number of halogens is 4. The van der Waals surface area contributed by atoms with Crippen molar-refractivity contribution in [1.82, 2.24) is 0 Å². The van der Waals surface area contributed by atoms with E-state index in [0.29, 0.717) is 0 Å². The summed E-state index contributed by atoms with van der Waals surface area (Å²) in [7, 11) is 0. The molecule has 0 atom stereocenters. The van der Waals surface area contributed by atoms with Crippen molar-refractivity contribution in [3.05, 3.63) is 0 Å².